The minimum atomic E-state index is -0.0983. The monoisotopic (exact) mass is 319 g/mol. The summed E-state index contributed by atoms with van der Waals surface area (Å²) in [5, 5.41) is 3.42. The van der Waals surface area contributed by atoms with E-state index in [1.165, 1.54) is 0 Å². The Labute approximate surface area is 115 Å². The van der Waals surface area contributed by atoms with Crippen molar-refractivity contribution in [1.82, 2.24) is 5.32 Å². The Morgan fingerprint density at radius 2 is 2.29 bits per heavy atom. The zero-order chi connectivity index (χ0) is 12.7. The molecule has 0 fully saturated rings. The van der Waals surface area contributed by atoms with Crippen molar-refractivity contribution in [1.29, 1.82) is 0 Å². The molecule has 0 bridgehead atoms. The summed E-state index contributed by atoms with van der Waals surface area (Å²) in [5.74, 6) is -0.0983. The van der Waals surface area contributed by atoms with Crippen LogP contribution in [0, 0.1) is 0 Å². The first-order chi connectivity index (χ1) is 8.15. The maximum atomic E-state index is 11.7. The maximum absolute atomic E-state index is 11.7. The molecule has 94 valence electrons. The third-order valence-corrected chi connectivity index (χ3v) is 3.35. The van der Waals surface area contributed by atoms with E-state index >= 15 is 0 Å². The van der Waals surface area contributed by atoms with Gasteiger partial charge in [0.1, 0.15) is 0 Å². The number of hydrogen-bond donors (Lipinski definition) is 1. The number of nitrogens with one attached hydrogen (secondary N) is 1. The molecule has 0 radical (unpaired) electrons. The summed E-state index contributed by atoms with van der Waals surface area (Å²) in [7, 11) is 0. The van der Waals surface area contributed by atoms with E-state index in [1.807, 2.05) is 6.92 Å². The Balaban J connectivity index is 2.39. The lowest BCUT2D eigenvalue weighted by molar-refractivity contribution is 0.0944. The van der Waals surface area contributed by atoms with E-state index in [0.29, 0.717) is 30.3 Å². The van der Waals surface area contributed by atoms with Gasteiger partial charge in [0, 0.05) is 29.8 Å². The topological polar surface area (TPSA) is 38.3 Å². The zero-order valence-corrected chi connectivity index (χ0v) is 12.0. The second-order valence-corrected chi connectivity index (χ2v) is 4.70. The highest BCUT2D eigenvalue weighted by molar-refractivity contribution is 9.10. The summed E-state index contributed by atoms with van der Waals surface area (Å²) in [4.78, 5) is 11.7. The number of carbonyl (C=O) groups excluding carboxylic acids is 1. The maximum Gasteiger partial charge on any atom is 0.251 e. The molecule has 0 heterocycles. The Bertz CT molecular complexity index is 385. The average molecular weight is 321 g/mol. The fraction of sp³-hybridized carbons (Fsp3) is 0.417. The molecule has 0 aliphatic rings. The lowest BCUT2D eigenvalue weighted by Gasteiger charge is -2.06. The summed E-state index contributed by atoms with van der Waals surface area (Å²) in [6.45, 7) is 3.93. The van der Waals surface area contributed by atoms with Gasteiger partial charge < -0.3 is 10.1 Å². The van der Waals surface area contributed by atoms with Crippen molar-refractivity contribution >= 4 is 33.4 Å². The van der Waals surface area contributed by atoms with Crippen molar-refractivity contribution in [2.75, 3.05) is 19.8 Å². The van der Waals surface area contributed by atoms with Gasteiger partial charge in [-0.15, -0.1) is 0 Å². The van der Waals surface area contributed by atoms with Crippen LogP contribution in [0.3, 0.4) is 0 Å². The first-order valence-electron chi connectivity index (χ1n) is 5.46. The van der Waals surface area contributed by atoms with Gasteiger partial charge in [-0.25, -0.2) is 0 Å². The second-order valence-electron chi connectivity index (χ2n) is 3.44. The fourth-order valence-electron chi connectivity index (χ4n) is 1.26. The predicted octanol–water partition coefficient (Wildman–Crippen LogP) is 3.26. The third kappa shape index (κ3) is 5.06. The molecule has 1 N–H and O–H groups in total. The predicted molar refractivity (Wildman–Crippen MR) is 72.6 cm³/mol. The van der Waals surface area contributed by atoms with E-state index in [9.17, 15) is 4.79 Å². The third-order valence-electron chi connectivity index (χ3n) is 2.14. The van der Waals surface area contributed by atoms with E-state index in [-0.39, 0.29) is 5.91 Å². The number of rotatable bonds is 6. The molecule has 1 amide bonds. The average Bonchev–Trinajstić information content (AvgIpc) is 2.32. The van der Waals surface area contributed by atoms with Gasteiger partial charge >= 0.3 is 0 Å². The molecule has 1 aromatic rings. The summed E-state index contributed by atoms with van der Waals surface area (Å²) in [6.07, 6.45) is 0.814. The molecule has 5 heteroatoms. The van der Waals surface area contributed by atoms with E-state index < -0.39 is 0 Å². The Kier molecular flexibility index (Phi) is 6.55. The molecule has 0 unspecified atom stereocenters. The minimum absolute atomic E-state index is 0.0983. The highest BCUT2D eigenvalue weighted by atomic mass is 79.9. The standard InChI is InChI=1S/C12H15BrClNO2/c1-2-17-7-3-6-15-12(16)9-4-5-11(14)10(13)8-9/h4-5,8H,2-3,6-7H2,1H3,(H,15,16). The quantitative estimate of drug-likeness (QED) is 0.817. The molecule has 1 aromatic carbocycles. The van der Waals surface area contributed by atoms with Gasteiger partial charge in [0.15, 0.2) is 0 Å². The van der Waals surface area contributed by atoms with Crippen molar-refractivity contribution in [3.63, 3.8) is 0 Å². The molecular formula is C12H15BrClNO2. The molecule has 0 aliphatic carbocycles. The minimum Gasteiger partial charge on any atom is -0.382 e. The normalized spacial score (nSPS) is 10.3. The number of halogens is 2. The Hall–Kier alpha value is -0.580. The molecule has 0 spiro atoms. The molecule has 0 saturated heterocycles. The van der Waals surface area contributed by atoms with Crippen LogP contribution in [-0.4, -0.2) is 25.7 Å². The van der Waals surface area contributed by atoms with Crippen LogP contribution in [0.4, 0.5) is 0 Å². The van der Waals surface area contributed by atoms with Gasteiger partial charge in [-0.1, -0.05) is 11.6 Å². The summed E-state index contributed by atoms with van der Waals surface area (Å²) in [6, 6.07) is 5.10. The van der Waals surface area contributed by atoms with Crippen molar-refractivity contribution in [2.24, 2.45) is 0 Å². The molecule has 0 saturated carbocycles. The highest BCUT2D eigenvalue weighted by Gasteiger charge is 2.06. The van der Waals surface area contributed by atoms with Crippen LogP contribution >= 0.6 is 27.5 Å². The van der Waals surface area contributed by atoms with Crippen LogP contribution in [0.15, 0.2) is 22.7 Å². The second kappa shape index (κ2) is 7.69. The molecule has 3 nitrogen and oxygen atoms in total. The largest absolute Gasteiger partial charge is 0.382 e. The number of carbonyl (C=O) groups is 1. The molecule has 17 heavy (non-hydrogen) atoms. The van der Waals surface area contributed by atoms with Crippen molar-refractivity contribution in [2.45, 2.75) is 13.3 Å². The number of hydrogen-bond acceptors (Lipinski definition) is 2. The van der Waals surface area contributed by atoms with Crippen LogP contribution in [-0.2, 0) is 4.74 Å². The lowest BCUT2D eigenvalue weighted by atomic mass is 10.2. The SMILES string of the molecule is CCOCCCNC(=O)c1ccc(Cl)c(Br)c1. The molecule has 0 atom stereocenters. The smallest absolute Gasteiger partial charge is 0.251 e. The van der Waals surface area contributed by atoms with Crippen LogP contribution in [0.2, 0.25) is 5.02 Å². The molecule has 0 aliphatic heterocycles. The molecular weight excluding hydrogens is 305 g/mol. The van der Waals surface area contributed by atoms with E-state index in [4.69, 9.17) is 16.3 Å². The summed E-state index contributed by atoms with van der Waals surface area (Å²) >= 11 is 9.14. The van der Waals surface area contributed by atoms with Gasteiger partial charge in [0.25, 0.3) is 5.91 Å². The van der Waals surface area contributed by atoms with Gasteiger partial charge in [0.2, 0.25) is 0 Å². The first kappa shape index (κ1) is 14.5. The van der Waals surface area contributed by atoms with E-state index in [2.05, 4.69) is 21.2 Å². The van der Waals surface area contributed by atoms with Gasteiger partial charge in [-0.05, 0) is 47.5 Å². The Morgan fingerprint density at radius 3 is 2.94 bits per heavy atom. The van der Waals surface area contributed by atoms with Crippen molar-refractivity contribution < 1.29 is 9.53 Å². The van der Waals surface area contributed by atoms with E-state index in [0.717, 1.165) is 10.9 Å². The highest BCUT2D eigenvalue weighted by Crippen LogP contribution is 2.23. The Morgan fingerprint density at radius 1 is 1.53 bits per heavy atom. The lowest BCUT2D eigenvalue weighted by Crippen LogP contribution is -2.25. The first-order valence-corrected chi connectivity index (χ1v) is 6.63. The summed E-state index contributed by atoms with van der Waals surface area (Å²) < 4.78 is 5.90. The molecule has 1 rings (SSSR count). The van der Waals surface area contributed by atoms with Crippen LogP contribution in [0.1, 0.15) is 23.7 Å². The zero-order valence-electron chi connectivity index (χ0n) is 9.63. The van der Waals surface area contributed by atoms with Crippen molar-refractivity contribution in [3.05, 3.63) is 33.3 Å². The number of ether oxygens (including phenoxy) is 1. The number of benzene rings is 1. The van der Waals surface area contributed by atoms with Crippen LogP contribution in [0.5, 0.6) is 0 Å². The summed E-state index contributed by atoms with van der Waals surface area (Å²) in [5.41, 5.74) is 0.595. The van der Waals surface area contributed by atoms with Gasteiger partial charge in [-0.3, -0.25) is 4.79 Å². The van der Waals surface area contributed by atoms with Crippen LogP contribution in [0.25, 0.3) is 0 Å². The van der Waals surface area contributed by atoms with Crippen LogP contribution < -0.4 is 5.32 Å². The van der Waals surface area contributed by atoms with E-state index in [1.54, 1.807) is 18.2 Å². The number of amides is 1. The van der Waals surface area contributed by atoms with Gasteiger partial charge in [0.05, 0.1) is 5.02 Å². The molecule has 0 aromatic heterocycles. The van der Waals surface area contributed by atoms with Crippen molar-refractivity contribution in [3.8, 4) is 0 Å². The van der Waals surface area contributed by atoms with Gasteiger partial charge in [-0.2, -0.15) is 0 Å². The fourth-order valence-corrected chi connectivity index (χ4v) is 1.76.